The number of alkyl halides is 3. The highest BCUT2D eigenvalue weighted by Crippen LogP contribution is 2.51. The fraction of sp³-hybridized carbons (Fsp3) is 0.600. The summed E-state index contributed by atoms with van der Waals surface area (Å²) in [6, 6.07) is 0. The Bertz CT molecular complexity index is 522. The first kappa shape index (κ1) is 13.4. The molecule has 0 unspecified atom stereocenters. The average molecular weight is 326 g/mol. The average Bonchev–Trinajstić information content (AvgIpc) is 3.06. The third-order valence-electron chi connectivity index (χ3n) is 2.95. The van der Waals surface area contributed by atoms with Crippen molar-refractivity contribution in [2.24, 2.45) is 0 Å². The molecule has 2 rings (SSSR count). The van der Waals surface area contributed by atoms with E-state index in [0.29, 0.717) is 6.54 Å². The molecule has 1 aromatic heterocycles. The maximum Gasteiger partial charge on any atom is 0.411 e. The third kappa shape index (κ3) is 2.13. The number of halogens is 4. The van der Waals surface area contributed by atoms with Crippen LogP contribution in [0.3, 0.4) is 0 Å². The molecule has 18 heavy (non-hydrogen) atoms. The van der Waals surface area contributed by atoms with E-state index in [1.54, 1.807) is 6.92 Å². The van der Waals surface area contributed by atoms with Gasteiger partial charge in [-0.1, -0.05) is 0 Å². The van der Waals surface area contributed by atoms with E-state index in [1.165, 1.54) is 10.9 Å². The van der Waals surface area contributed by atoms with Crippen LogP contribution in [0.1, 0.15) is 19.8 Å². The molecule has 1 aliphatic carbocycles. The second-order valence-corrected chi connectivity index (χ2v) is 4.99. The molecule has 0 spiro atoms. The summed E-state index contributed by atoms with van der Waals surface area (Å²) in [6.45, 7) is 2.09. The van der Waals surface area contributed by atoms with Gasteiger partial charge in [-0.25, -0.2) is 4.68 Å². The van der Waals surface area contributed by atoms with Gasteiger partial charge in [0.05, 0.1) is 11.9 Å². The number of anilines is 1. The van der Waals surface area contributed by atoms with E-state index in [4.69, 9.17) is 0 Å². The number of rotatable bonds is 3. The van der Waals surface area contributed by atoms with Crippen LogP contribution in [0.5, 0.6) is 0 Å². The monoisotopic (exact) mass is 325 g/mol. The van der Waals surface area contributed by atoms with Crippen LogP contribution in [-0.4, -0.2) is 21.5 Å². The lowest BCUT2D eigenvalue weighted by Gasteiger charge is -2.22. The lowest BCUT2D eigenvalue weighted by Crippen LogP contribution is -2.39. The molecule has 0 radical (unpaired) electrons. The molecule has 0 bridgehead atoms. The molecule has 8 heteroatoms. The molecule has 4 nitrogen and oxygen atoms in total. The van der Waals surface area contributed by atoms with Gasteiger partial charge in [-0.2, -0.15) is 18.3 Å². The number of nitrogens with zero attached hydrogens (tertiary/aromatic N) is 2. The Hall–Kier alpha value is -1.05. The Morgan fingerprint density at radius 1 is 1.56 bits per heavy atom. The minimum absolute atomic E-state index is 0.0137. The fourth-order valence-electron chi connectivity index (χ4n) is 1.64. The molecule has 100 valence electrons. The van der Waals surface area contributed by atoms with E-state index >= 15 is 0 Å². The lowest BCUT2D eigenvalue weighted by molar-refractivity contribution is -0.151. The predicted octanol–water partition coefficient (Wildman–Crippen LogP) is 2.53. The molecule has 0 atom stereocenters. The second kappa shape index (κ2) is 4.25. The van der Waals surface area contributed by atoms with Crippen molar-refractivity contribution < 1.29 is 13.2 Å². The molecule has 1 N–H and O–H groups in total. The van der Waals surface area contributed by atoms with Crippen molar-refractivity contribution in [1.29, 1.82) is 0 Å². The smallest absolute Gasteiger partial charge is 0.369 e. The Labute approximate surface area is 109 Å². The molecule has 0 aromatic carbocycles. The molecular weight excluding hydrogens is 315 g/mol. The van der Waals surface area contributed by atoms with Gasteiger partial charge in [0, 0.05) is 6.54 Å². The van der Waals surface area contributed by atoms with Gasteiger partial charge in [-0.05, 0) is 35.7 Å². The van der Waals surface area contributed by atoms with Crippen LogP contribution in [-0.2, 0) is 6.54 Å². The van der Waals surface area contributed by atoms with Crippen molar-refractivity contribution in [3.05, 3.63) is 21.0 Å². The quantitative estimate of drug-likeness (QED) is 0.929. The van der Waals surface area contributed by atoms with Crippen LogP contribution in [0.4, 0.5) is 18.9 Å². The Morgan fingerprint density at radius 2 is 2.17 bits per heavy atom. The van der Waals surface area contributed by atoms with Gasteiger partial charge in [0.1, 0.15) is 10.0 Å². The van der Waals surface area contributed by atoms with Gasteiger partial charge in [-0.3, -0.25) is 4.79 Å². The summed E-state index contributed by atoms with van der Waals surface area (Å²) in [5.74, 6) is 0. The maximum atomic E-state index is 12.8. The van der Waals surface area contributed by atoms with E-state index in [-0.39, 0.29) is 23.0 Å². The van der Waals surface area contributed by atoms with Crippen molar-refractivity contribution in [1.82, 2.24) is 9.78 Å². The molecule has 1 saturated carbocycles. The summed E-state index contributed by atoms with van der Waals surface area (Å²) in [6.07, 6.45) is -3.06. The maximum absolute atomic E-state index is 12.8. The molecule has 0 amide bonds. The molecule has 0 aliphatic heterocycles. The minimum atomic E-state index is -4.33. The zero-order valence-electron chi connectivity index (χ0n) is 9.51. The zero-order chi connectivity index (χ0) is 13.6. The summed E-state index contributed by atoms with van der Waals surface area (Å²) in [7, 11) is 0. The van der Waals surface area contributed by atoms with Crippen LogP contribution >= 0.6 is 15.9 Å². The first-order valence-corrected chi connectivity index (χ1v) is 6.20. The Kier molecular flexibility index (Phi) is 3.16. The van der Waals surface area contributed by atoms with Crippen molar-refractivity contribution in [3.63, 3.8) is 0 Å². The molecule has 0 saturated heterocycles. The van der Waals surface area contributed by atoms with Gasteiger partial charge < -0.3 is 5.32 Å². The van der Waals surface area contributed by atoms with E-state index in [2.05, 4.69) is 26.3 Å². The van der Waals surface area contributed by atoms with Crippen molar-refractivity contribution in [2.75, 3.05) is 5.32 Å². The Balaban J connectivity index is 2.32. The van der Waals surface area contributed by atoms with Crippen LogP contribution in [0, 0.1) is 0 Å². The van der Waals surface area contributed by atoms with Gasteiger partial charge >= 0.3 is 6.18 Å². The number of nitrogens with one attached hydrogen (secondary N) is 1. The van der Waals surface area contributed by atoms with Gasteiger partial charge in [0.2, 0.25) is 0 Å². The number of hydrogen-bond acceptors (Lipinski definition) is 3. The van der Waals surface area contributed by atoms with Crippen LogP contribution in [0.2, 0.25) is 0 Å². The highest BCUT2D eigenvalue weighted by Gasteiger charge is 2.63. The molecule has 1 aliphatic rings. The highest BCUT2D eigenvalue weighted by molar-refractivity contribution is 9.10. The van der Waals surface area contributed by atoms with E-state index < -0.39 is 17.3 Å². The molecular formula is C10H11BrF3N3O. The SMILES string of the molecule is CCn1ncc(NC2(C(F)(F)F)CC2)c(Br)c1=O. The highest BCUT2D eigenvalue weighted by atomic mass is 79.9. The zero-order valence-corrected chi connectivity index (χ0v) is 11.1. The van der Waals surface area contributed by atoms with Gasteiger partial charge in [0.25, 0.3) is 5.56 Å². The van der Waals surface area contributed by atoms with Gasteiger partial charge in [0.15, 0.2) is 0 Å². The predicted molar refractivity (Wildman–Crippen MR) is 63.5 cm³/mol. The second-order valence-electron chi connectivity index (χ2n) is 4.20. The van der Waals surface area contributed by atoms with Crippen molar-refractivity contribution in [3.8, 4) is 0 Å². The van der Waals surface area contributed by atoms with Crippen LogP contribution in [0.15, 0.2) is 15.5 Å². The summed E-state index contributed by atoms with van der Waals surface area (Å²) in [5.41, 5.74) is -2.26. The summed E-state index contributed by atoms with van der Waals surface area (Å²) in [4.78, 5) is 11.7. The summed E-state index contributed by atoms with van der Waals surface area (Å²) in [5, 5.41) is 6.18. The van der Waals surface area contributed by atoms with Crippen molar-refractivity contribution >= 4 is 21.6 Å². The normalized spacial score (nSPS) is 17.6. The van der Waals surface area contributed by atoms with Gasteiger partial charge in [-0.15, -0.1) is 0 Å². The van der Waals surface area contributed by atoms with E-state index in [9.17, 15) is 18.0 Å². The Morgan fingerprint density at radius 3 is 2.61 bits per heavy atom. The fourth-order valence-corrected chi connectivity index (χ4v) is 2.05. The standard InChI is InChI=1S/C10H11BrF3N3O/c1-2-17-8(18)7(11)6(5-15-17)16-9(3-4-9)10(12,13)14/h5,16H,2-4H2,1H3. The number of aryl methyl sites for hydroxylation is 1. The first-order valence-electron chi connectivity index (χ1n) is 5.41. The van der Waals surface area contributed by atoms with E-state index in [1.807, 2.05) is 0 Å². The molecule has 1 heterocycles. The third-order valence-corrected chi connectivity index (χ3v) is 3.72. The molecule has 1 aromatic rings. The molecule has 1 fully saturated rings. The van der Waals surface area contributed by atoms with Crippen LogP contribution < -0.4 is 10.9 Å². The number of hydrogen-bond donors (Lipinski definition) is 1. The summed E-state index contributed by atoms with van der Waals surface area (Å²) < 4.78 is 39.6. The van der Waals surface area contributed by atoms with Crippen molar-refractivity contribution in [2.45, 2.75) is 38.0 Å². The van der Waals surface area contributed by atoms with Crippen LogP contribution in [0.25, 0.3) is 0 Å². The lowest BCUT2D eigenvalue weighted by atomic mass is 10.2. The summed E-state index contributed by atoms with van der Waals surface area (Å²) >= 11 is 3.02. The van der Waals surface area contributed by atoms with E-state index in [0.717, 1.165) is 0 Å². The topological polar surface area (TPSA) is 46.9 Å². The largest absolute Gasteiger partial charge is 0.411 e. The number of aromatic nitrogens is 2. The first-order chi connectivity index (χ1) is 8.31. The minimum Gasteiger partial charge on any atom is -0.369 e.